The van der Waals surface area contributed by atoms with Gasteiger partial charge in [-0.15, -0.1) is 11.5 Å². The first-order valence-electron chi connectivity index (χ1n) is 47.2. The van der Waals surface area contributed by atoms with Crippen LogP contribution in [0.15, 0.2) is 47.8 Å². The van der Waals surface area contributed by atoms with E-state index in [1.807, 2.05) is 63.0 Å². The Balaban J connectivity index is 0.711. The van der Waals surface area contributed by atoms with Crippen LogP contribution >= 0.6 is 0 Å². The molecule has 0 aromatic heterocycles. The average Bonchev–Trinajstić information content (AvgIpc) is 1.08. The maximum Gasteiger partial charge on any atom is 0.246 e. The number of aromatic hydroxyl groups is 1. The number of fused-ring (bicyclic) bond motifs is 6. The summed E-state index contributed by atoms with van der Waals surface area (Å²) >= 11 is 0. The van der Waals surface area contributed by atoms with E-state index < -0.39 is 52.0 Å². The third-order valence-corrected chi connectivity index (χ3v) is 26.7. The molecule has 9 rings (SSSR count). The molecule has 0 radical (unpaired) electrons. The molecule has 8 amide bonds. The molecule has 10 N–H and O–H groups in total. The number of nitrogens with zero attached hydrogens (tertiary/aromatic N) is 2. The lowest BCUT2D eigenvalue weighted by atomic mass is 9.49. The number of amides is 8. The monoisotopic (exact) mass is 1780 g/mol. The molecule has 2 saturated carbocycles. The topological polar surface area (TPSA) is 378 Å². The lowest BCUT2D eigenvalue weighted by molar-refractivity contribution is -0.869. The van der Waals surface area contributed by atoms with Crippen molar-refractivity contribution in [1.29, 1.82) is 0 Å². The zero-order valence-corrected chi connectivity index (χ0v) is 77.8. The number of hydrogen-bond donors (Lipinski definition) is 10. The fourth-order valence-electron chi connectivity index (χ4n) is 19.5. The van der Waals surface area contributed by atoms with Crippen LogP contribution in [0.4, 0.5) is 5.69 Å². The second-order valence-electron chi connectivity index (χ2n) is 37.8. The van der Waals surface area contributed by atoms with E-state index >= 15 is 0 Å². The van der Waals surface area contributed by atoms with Gasteiger partial charge in [0.2, 0.25) is 47.3 Å². The SMILES string of the molecule is CC(C)[C@H](NC(=O)[C@@H](CCCCNC(=O)COC1CCCCCC2=C1NNN2CCOCCOCCOCCOCCC(=O)NCC[N+](C)(C)C)NC(=O)CCOCCOCCOCCOCCNC(=O)COC1C#CCCCCC1)C(=O)C[C@@H](C)C(=O)Nc1ccc2c(c1)[C@@]1(C)CCC[C@](C)(C(=O)NC(=O)[C@@]3(C)CCC[C@]4(C)c5cc(O)ccc5CC[C@@H]34)[C@@H]1CC2. The van der Waals surface area contributed by atoms with Gasteiger partial charge in [0.15, 0.2) is 5.78 Å². The van der Waals surface area contributed by atoms with Crippen molar-refractivity contribution >= 4 is 58.7 Å². The summed E-state index contributed by atoms with van der Waals surface area (Å²) in [6, 6.07) is 9.49. The van der Waals surface area contributed by atoms with Gasteiger partial charge in [-0.3, -0.25) is 53.5 Å². The summed E-state index contributed by atoms with van der Waals surface area (Å²) in [5.74, 6) is 2.37. The molecule has 31 nitrogen and oxygen atoms in total. The van der Waals surface area contributed by atoms with Crippen molar-refractivity contribution in [1.82, 2.24) is 47.9 Å². The molecule has 11 atom stereocenters. The molecule has 0 bridgehead atoms. The molecule has 710 valence electrons. The second-order valence-corrected chi connectivity index (χ2v) is 37.8. The Morgan fingerprint density at radius 2 is 1.09 bits per heavy atom. The van der Waals surface area contributed by atoms with E-state index in [4.69, 9.17) is 47.4 Å². The summed E-state index contributed by atoms with van der Waals surface area (Å²) in [5.41, 5.74) is 11.2. The van der Waals surface area contributed by atoms with E-state index in [0.29, 0.717) is 143 Å². The van der Waals surface area contributed by atoms with Gasteiger partial charge in [-0.1, -0.05) is 98.6 Å². The van der Waals surface area contributed by atoms with E-state index in [1.165, 1.54) is 5.56 Å². The molecule has 2 aromatic rings. The number of Topliss-reactive ketones (excluding diaryl/α,β-unsaturated/α-hetero) is 1. The summed E-state index contributed by atoms with van der Waals surface area (Å²) < 4.78 is 58.2. The number of unbranched alkanes of at least 4 members (excludes halogenated alkanes) is 1. The zero-order valence-electron chi connectivity index (χ0n) is 77.8. The van der Waals surface area contributed by atoms with Gasteiger partial charge in [-0.25, -0.2) is 0 Å². The number of hydrogen-bond acceptors (Lipinski definition) is 23. The van der Waals surface area contributed by atoms with Crippen LogP contribution in [0.2, 0.25) is 0 Å². The number of anilines is 1. The quantitative estimate of drug-likeness (QED) is 0.0129. The predicted molar refractivity (Wildman–Crippen MR) is 481 cm³/mol. The van der Waals surface area contributed by atoms with Crippen molar-refractivity contribution in [3.05, 3.63) is 70.0 Å². The highest BCUT2D eigenvalue weighted by Crippen LogP contribution is 2.60. The number of carbonyl (C=O) groups is 9. The normalized spacial score (nSPS) is 23.4. The summed E-state index contributed by atoms with van der Waals surface area (Å²) in [6.45, 7) is 21.6. The third-order valence-electron chi connectivity index (χ3n) is 26.7. The molecule has 0 saturated heterocycles. The first-order valence-corrected chi connectivity index (χ1v) is 47.2. The number of hydrazine groups is 2. The summed E-state index contributed by atoms with van der Waals surface area (Å²) in [7, 11) is 6.25. The highest BCUT2D eigenvalue weighted by atomic mass is 16.6. The number of quaternary nitrogens is 1. The average molecular weight is 1780 g/mol. The van der Waals surface area contributed by atoms with Gasteiger partial charge in [-0.2, -0.15) is 0 Å². The van der Waals surface area contributed by atoms with Crippen LogP contribution in [0.5, 0.6) is 5.75 Å². The molecule has 2 aromatic carbocycles. The van der Waals surface area contributed by atoms with Crippen molar-refractivity contribution in [2.75, 3.05) is 178 Å². The number of imide groups is 1. The first-order chi connectivity index (χ1) is 61.0. The van der Waals surface area contributed by atoms with Gasteiger partial charge >= 0.3 is 0 Å². The van der Waals surface area contributed by atoms with Crippen LogP contribution in [0.25, 0.3) is 0 Å². The van der Waals surface area contributed by atoms with Gasteiger partial charge in [0.05, 0.1) is 175 Å². The minimum absolute atomic E-state index is 0.0116. The summed E-state index contributed by atoms with van der Waals surface area (Å²) in [5, 5.41) is 33.3. The van der Waals surface area contributed by atoms with E-state index in [-0.39, 0.29) is 135 Å². The molecule has 7 aliphatic rings. The number of allylic oxidation sites excluding steroid dienone is 1. The largest absolute Gasteiger partial charge is 0.508 e. The highest BCUT2D eigenvalue weighted by molar-refractivity contribution is 6.01. The number of nitrogens with one attached hydrogen (secondary N) is 9. The van der Waals surface area contributed by atoms with Crippen molar-refractivity contribution in [2.45, 2.75) is 251 Å². The van der Waals surface area contributed by atoms with E-state index in [9.17, 15) is 48.3 Å². The molecule has 127 heavy (non-hydrogen) atoms. The number of phenolic OH excluding ortho intramolecular Hbond substituents is 1. The number of likely N-dealkylation sites (N-methyl/N-ethyl adjacent to an activating group) is 1. The lowest BCUT2D eigenvalue weighted by Crippen LogP contribution is -2.60. The van der Waals surface area contributed by atoms with Gasteiger partial charge in [0.1, 0.15) is 37.2 Å². The number of ketones is 1. The standard InChI is InChI=1S/C96H151N11O20/c1-68(2)87(79(109)63-69(3)89(114)100-72-32-28-70-30-34-81-93(4,75(70)64-72)38-21-40-95(81,6)91(116)103-92(117)96(7)41-22-39-94(5)76-65-73(108)33-29-71(76)31-35-82(94)96)102-90(115)77(101-84(111)37-48-119-52-56-123-59-61-124-57-53-120-49-44-99-85(112)66-126-74-23-15-12-11-13-16-24-74)25-19-20-42-97-86(113)67-127-80-27-18-14-17-26-78-88(80)104-105-106(78)45-50-121-54-58-125-62-60-122-55-51-118-47-36-83(110)98-43-46-107(8,9)10/h28-29,32-33,64-65,68-69,74,77,80-82,87,104-105H,11-15,17-23,25-27,30-31,34-63,66-67H2,1-10H3,(H7-,97,98,99,100,101,102,103,108,110,111,112,113,114,115,116,117)/p+1/t69-,74?,77-,80?,81-,82-,87+,93-,94-,95+,96+/m1/s1. The van der Waals surface area contributed by atoms with Gasteiger partial charge in [-0.05, 0) is 184 Å². The minimum Gasteiger partial charge on any atom is -0.508 e. The summed E-state index contributed by atoms with van der Waals surface area (Å²) in [6.07, 6.45) is 17.7. The maximum atomic E-state index is 15.0. The van der Waals surface area contributed by atoms with Gasteiger partial charge < -0.3 is 94.3 Å². The molecule has 2 fully saturated rings. The fourth-order valence-corrected chi connectivity index (χ4v) is 19.5. The van der Waals surface area contributed by atoms with Crippen LogP contribution in [-0.4, -0.2) is 265 Å². The van der Waals surface area contributed by atoms with E-state index in [2.05, 4.69) is 95.0 Å². The van der Waals surface area contributed by atoms with E-state index in [1.54, 1.807) is 13.0 Å². The number of aryl methyl sites for hydroxylation is 2. The zero-order chi connectivity index (χ0) is 91.3. The van der Waals surface area contributed by atoms with Crippen LogP contribution in [0.1, 0.15) is 225 Å². The molecule has 1 heterocycles. The number of carbonyl (C=O) groups excluding carboxylic acids is 9. The fraction of sp³-hybridized carbons (Fsp3) is 0.740. The van der Waals surface area contributed by atoms with Crippen molar-refractivity contribution in [3.8, 4) is 17.6 Å². The molecule has 2 unspecified atom stereocenters. The first kappa shape index (κ1) is 103. The maximum absolute atomic E-state index is 15.0. The number of benzene rings is 2. The molecule has 31 heteroatoms. The van der Waals surface area contributed by atoms with Crippen LogP contribution < -0.4 is 48.2 Å². The van der Waals surface area contributed by atoms with E-state index in [0.717, 1.165) is 155 Å². The van der Waals surface area contributed by atoms with Crippen molar-refractivity contribution < 1.29 is 100 Å². The molecule has 1 aliphatic heterocycles. The van der Waals surface area contributed by atoms with Crippen LogP contribution in [-0.2, 0) is 114 Å². The molecular weight excluding hydrogens is 1630 g/mol. The second kappa shape index (κ2) is 52.4. The third kappa shape index (κ3) is 32.1. The molecular formula is C96H152N11O20+. The minimum atomic E-state index is -1.07. The number of rotatable bonds is 55. The Kier molecular flexibility index (Phi) is 42.5. The van der Waals surface area contributed by atoms with Gasteiger partial charge in [0.25, 0.3) is 0 Å². The van der Waals surface area contributed by atoms with Gasteiger partial charge in [0, 0.05) is 50.4 Å². The molecule has 0 spiro atoms. The van der Waals surface area contributed by atoms with Crippen molar-refractivity contribution in [3.63, 3.8) is 0 Å². The Labute approximate surface area is 753 Å². The smallest absolute Gasteiger partial charge is 0.246 e. The Hall–Kier alpha value is -7.71. The Morgan fingerprint density at radius 3 is 1.70 bits per heavy atom. The Morgan fingerprint density at radius 1 is 0.543 bits per heavy atom. The van der Waals surface area contributed by atoms with Crippen molar-refractivity contribution in [2.24, 2.45) is 34.5 Å². The number of phenols is 1. The Bertz CT molecular complexity index is 3980. The summed E-state index contributed by atoms with van der Waals surface area (Å²) in [4.78, 5) is 125. The number of ether oxygens (including phenoxy) is 10. The predicted octanol–water partition coefficient (Wildman–Crippen LogP) is 8.29. The highest BCUT2D eigenvalue weighted by Gasteiger charge is 2.59. The van der Waals surface area contributed by atoms with Crippen LogP contribution in [0, 0.1) is 46.3 Å². The van der Waals surface area contributed by atoms with Crippen LogP contribution in [0.3, 0.4) is 0 Å². The molecule has 6 aliphatic carbocycles. The lowest BCUT2D eigenvalue weighted by Gasteiger charge is -2.56.